The summed E-state index contributed by atoms with van der Waals surface area (Å²) < 4.78 is 0. The Bertz CT molecular complexity index is 856. The SMILES string of the molecule is C[C@H](NC(=O)c1ccc(C(=O)c2ccccc2)cc1)c1ccccc1. The summed E-state index contributed by atoms with van der Waals surface area (Å²) in [6, 6.07) is 25.6. The molecule has 0 heterocycles. The van der Waals surface area contributed by atoms with Crippen molar-refractivity contribution in [3.8, 4) is 0 Å². The van der Waals surface area contributed by atoms with Crippen LogP contribution in [0.3, 0.4) is 0 Å². The molecule has 0 unspecified atom stereocenters. The normalized spacial score (nSPS) is 11.6. The minimum Gasteiger partial charge on any atom is -0.346 e. The number of rotatable bonds is 5. The highest BCUT2D eigenvalue weighted by molar-refractivity contribution is 6.09. The molecule has 0 saturated heterocycles. The first-order valence-electron chi connectivity index (χ1n) is 8.21. The van der Waals surface area contributed by atoms with Crippen molar-refractivity contribution in [2.24, 2.45) is 0 Å². The van der Waals surface area contributed by atoms with Crippen LogP contribution in [0.1, 0.15) is 44.8 Å². The Hall–Kier alpha value is -3.20. The molecule has 1 amide bonds. The van der Waals surface area contributed by atoms with Gasteiger partial charge in [0.25, 0.3) is 5.91 Å². The van der Waals surface area contributed by atoms with Crippen LogP contribution in [0.5, 0.6) is 0 Å². The molecule has 3 aromatic carbocycles. The molecule has 1 atom stereocenters. The van der Waals surface area contributed by atoms with Gasteiger partial charge in [-0.2, -0.15) is 0 Å². The Morgan fingerprint density at radius 1 is 0.680 bits per heavy atom. The lowest BCUT2D eigenvalue weighted by Gasteiger charge is -2.14. The van der Waals surface area contributed by atoms with Crippen LogP contribution >= 0.6 is 0 Å². The summed E-state index contributed by atoms with van der Waals surface area (Å²) in [5.74, 6) is -0.208. The van der Waals surface area contributed by atoms with Crippen LogP contribution in [-0.4, -0.2) is 11.7 Å². The van der Waals surface area contributed by atoms with E-state index in [1.54, 1.807) is 36.4 Å². The molecule has 124 valence electrons. The third-order valence-electron chi connectivity index (χ3n) is 4.09. The van der Waals surface area contributed by atoms with E-state index in [9.17, 15) is 9.59 Å². The molecule has 0 aromatic heterocycles. The molecule has 3 nitrogen and oxygen atoms in total. The van der Waals surface area contributed by atoms with Crippen molar-refractivity contribution in [2.45, 2.75) is 13.0 Å². The second kappa shape index (κ2) is 7.58. The molecule has 0 aliphatic rings. The fraction of sp³-hybridized carbons (Fsp3) is 0.0909. The molecule has 1 N–H and O–H groups in total. The number of nitrogens with one attached hydrogen (secondary N) is 1. The largest absolute Gasteiger partial charge is 0.346 e. The van der Waals surface area contributed by atoms with Crippen LogP contribution in [-0.2, 0) is 0 Å². The van der Waals surface area contributed by atoms with Gasteiger partial charge in [0.05, 0.1) is 6.04 Å². The van der Waals surface area contributed by atoms with E-state index in [2.05, 4.69) is 5.32 Å². The minimum atomic E-state index is -0.157. The molecule has 0 saturated carbocycles. The second-order valence-electron chi connectivity index (χ2n) is 5.88. The molecular formula is C22H19NO2. The van der Waals surface area contributed by atoms with Crippen molar-refractivity contribution in [1.82, 2.24) is 5.32 Å². The van der Waals surface area contributed by atoms with E-state index in [-0.39, 0.29) is 17.7 Å². The van der Waals surface area contributed by atoms with E-state index in [0.717, 1.165) is 5.56 Å². The summed E-state index contributed by atoms with van der Waals surface area (Å²) in [6.07, 6.45) is 0. The predicted molar refractivity (Wildman–Crippen MR) is 98.6 cm³/mol. The van der Waals surface area contributed by atoms with E-state index in [1.165, 1.54) is 0 Å². The summed E-state index contributed by atoms with van der Waals surface area (Å²) >= 11 is 0. The van der Waals surface area contributed by atoms with E-state index < -0.39 is 0 Å². The molecule has 3 rings (SSSR count). The Balaban J connectivity index is 1.70. The summed E-state index contributed by atoms with van der Waals surface area (Å²) in [5.41, 5.74) is 2.79. The van der Waals surface area contributed by atoms with Gasteiger partial charge >= 0.3 is 0 Å². The zero-order chi connectivity index (χ0) is 17.6. The van der Waals surface area contributed by atoms with E-state index in [0.29, 0.717) is 16.7 Å². The second-order valence-corrected chi connectivity index (χ2v) is 5.88. The summed E-state index contributed by atoms with van der Waals surface area (Å²) in [4.78, 5) is 24.8. The fourth-order valence-electron chi connectivity index (χ4n) is 2.63. The molecule has 0 fully saturated rings. The van der Waals surface area contributed by atoms with Crippen molar-refractivity contribution in [2.75, 3.05) is 0 Å². The standard InChI is InChI=1S/C22H19NO2/c1-16(17-8-4-2-5-9-17)23-22(25)20-14-12-19(13-15-20)21(24)18-10-6-3-7-11-18/h2-16H,1H3,(H,23,25)/t16-/m0/s1. The van der Waals surface area contributed by atoms with Crippen LogP contribution in [0.2, 0.25) is 0 Å². The lowest BCUT2D eigenvalue weighted by atomic mass is 10.0. The van der Waals surface area contributed by atoms with Gasteiger partial charge in [-0.3, -0.25) is 9.59 Å². The summed E-state index contributed by atoms with van der Waals surface area (Å²) in [7, 11) is 0. The third kappa shape index (κ3) is 4.01. The zero-order valence-electron chi connectivity index (χ0n) is 14.0. The first-order valence-corrected chi connectivity index (χ1v) is 8.21. The quantitative estimate of drug-likeness (QED) is 0.705. The van der Waals surface area contributed by atoms with Gasteiger partial charge in [0.15, 0.2) is 5.78 Å². The number of benzene rings is 3. The van der Waals surface area contributed by atoms with Gasteiger partial charge in [0.1, 0.15) is 0 Å². The number of amides is 1. The number of carbonyl (C=O) groups excluding carboxylic acids is 2. The molecule has 3 heteroatoms. The van der Waals surface area contributed by atoms with Crippen LogP contribution in [0.25, 0.3) is 0 Å². The highest BCUT2D eigenvalue weighted by atomic mass is 16.1. The van der Waals surface area contributed by atoms with Crippen molar-refractivity contribution < 1.29 is 9.59 Å². The average Bonchev–Trinajstić information content (AvgIpc) is 2.69. The third-order valence-corrected chi connectivity index (χ3v) is 4.09. The number of carbonyl (C=O) groups is 2. The minimum absolute atomic E-state index is 0.0507. The molecule has 0 spiro atoms. The van der Waals surface area contributed by atoms with Crippen molar-refractivity contribution >= 4 is 11.7 Å². The maximum atomic E-state index is 12.4. The van der Waals surface area contributed by atoms with E-state index in [4.69, 9.17) is 0 Å². The predicted octanol–water partition coefficient (Wildman–Crippen LogP) is 4.41. The first-order chi connectivity index (χ1) is 12.1. The fourth-order valence-corrected chi connectivity index (χ4v) is 2.63. The number of hydrogen-bond acceptors (Lipinski definition) is 2. The summed E-state index contributed by atoms with van der Waals surface area (Å²) in [6.45, 7) is 1.94. The van der Waals surface area contributed by atoms with Gasteiger partial charge in [-0.1, -0.05) is 72.8 Å². The van der Waals surface area contributed by atoms with Crippen LogP contribution in [0, 0.1) is 0 Å². The highest BCUT2D eigenvalue weighted by Gasteiger charge is 2.13. The van der Waals surface area contributed by atoms with Gasteiger partial charge < -0.3 is 5.32 Å². The molecule has 0 aliphatic carbocycles. The maximum absolute atomic E-state index is 12.4. The van der Waals surface area contributed by atoms with Gasteiger partial charge in [-0.05, 0) is 24.6 Å². The Kier molecular flexibility index (Phi) is 5.05. The molecule has 0 radical (unpaired) electrons. The monoisotopic (exact) mass is 329 g/mol. The van der Waals surface area contributed by atoms with Gasteiger partial charge in [-0.25, -0.2) is 0 Å². The van der Waals surface area contributed by atoms with E-state index in [1.807, 2.05) is 55.5 Å². The van der Waals surface area contributed by atoms with E-state index >= 15 is 0 Å². The van der Waals surface area contributed by atoms with Crippen molar-refractivity contribution in [3.63, 3.8) is 0 Å². The van der Waals surface area contributed by atoms with Crippen LogP contribution in [0.15, 0.2) is 84.9 Å². The molecule has 25 heavy (non-hydrogen) atoms. The summed E-state index contributed by atoms with van der Waals surface area (Å²) in [5, 5.41) is 2.97. The lowest BCUT2D eigenvalue weighted by Crippen LogP contribution is -2.26. The lowest BCUT2D eigenvalue weighted by molar-refractivity contribution is 0.0938. The Labute approximate surface area is 147 Å². The zero-order valence-corrected chi connectivity index (χ0v) is 14.0. The smallest absolute Gasteiger partial charge is 0.251 e. The van der Waals surface area contributed by atoms with Crippen LogP contribution in [0.4, 0.5) is 0 Å². The molecule has 0 bridgehead atoms. The van der Waals surface area contributed by atoms with Gasteiger partial charge in [-0.15, -0.1) is 0 Å². The van der Waals surface area contributed by atoms with Gasteiger partial charge in [0, 0.05) is 16.7 Å². The molecular weight excluding hydrogens is 310 g/mol. The van der Waals surface area contributed by atoms with Gasteiger partial charge in [0.2, 0.25) is 0 Å². The highest BCUT2D eigenvalue weighted by Crippen LogP contribution is 2.14. The van der Waals surface area contributed by atoms with Crippen molar-refractivity contribution in [3.05, 3.63) is 107 Å². The van der Waals surface area contributed by atoms with Crippen LogP contribution < -0.4 is 5.32 Å². The average molecular weight is 329 g/mol. The Morgan fingerprint density at radius 3 is 1.76 bits per heavy atom. The number of hydrogen-bond donors (Lipinski definition) is 1. The topological polar surface area (TPSA) is 46.2 Å². The first kappa shape index (κ1) is 16.7. The maximum Gasteiger partial charge on any atom is 0.251 e. The van der Waals surface area contributed by atoms with Crippen molar-refractivity contribution in [1.29, 1.82) is 0 Å². The number of ketones is 1. The molecule has 0 aliphatic heterocycles. The molecule has 3 aromatic rings. The Morgan fingerprint density at radius 2 is 1.16 bits per heavy atom.